The molecule has 0 spiro atoms. The van der Waals surface area contributed by atoms with E-state index >= 15 is 0 Å². The standard InChI is InChI=1S/C29H34ClN3O4S/c1-6-31-29(35)23(5)32(18-24-9-7-8-10-26(24)30)28(34)19-33(27-17-21(3)11-14-22(27)4)38(36,37)25-15-12-20(2)13-16-25/h7-17,23H,6,18-19H2,1-5H3,(H,31,35). The van der Waals surface area contributed by atoms with Crippen molar-refractivity contribution in [1.82, 2.24) is 10.2 Å². The molecule has 0 aliphatic rings. The summed E-state index contributed by atoms with van der Waals surface area (Å²) in [6.07, 6.45) is 0. The second-order valence-corrected chi connectivity index (χ2v) is 11.6. The molecule has 202 valence electrons. The van der Waals surface area contributed by atoms with Gasteiger partial charge in [0.15, 0.2) is 0 Å². The number of anilines is 1. The molecule has 2 amide bonds. The van der Waals surface area contributed by atoms with Crippen molar-refractivity contribution in [3.8, 4) is 0 Å². The Morgan fingerprint density at radius 2 is 1.58 bits per heavy atom. The second kappa shape index (κ2) is 12.5. The predicted molar refractivity (Wildman–Crippen MR) is 152 cm³/mol. The summed E-state index contributed by atoms with van der Waals surface area (Å²) in [6, 6.07) is 18.2. The molecule has 3 rings (SSSR count). The molecule has 38 heavy (non-hydrogen) atoms. The van der Waals surface area contributed by atoms with Gasteiger partial charge >= 0.3 is 0 Å². The van der Waals surface area contributed by atoms with Gasteiger partial charge < -0.3 is 10.2 Å². The van der Waals surface area contributed by atoms with Crippen molar-refractivity contribution in [2.45, 2.75) is 52.1 Å². The van der Waals surface area contributed by atoms with Crippen molar-refractivity contribution >= 4 is 39.1 Å². The molecule has 9 heteroatoms. The normalized spacial score (nSPS) is 12.1. The van der Waals surface area contributed by atoms with Crippen molar-refractivity contribution in [3.05, 3.63) is 94.0 Å². The Bertz CT molecular complexity index is 1410. The van der Waals surface area contributed by atoms with Gasteiger partial charge in [0.05, 0.1) is 10.6 Å². The lowest BCUT2D eigenvalue weighted by molar-refractivity contribution is -0.139. The van der Waals surface area contributed by atoms with Crippen LogP contribution in [0, 0.1) is 20.8 Å². The number of nitrogens with zero attached hydrogens (tertiary/aromatic N) is 2. The summed E-state index contributed by atoms with van der Waals surface area (Å²) in [6.45, 7) is 8.90. The molecular weight excluding hydrogens is 522 g/mol. The fourth-order valence-corrected chi connectivity index (χ4v) is 5.72. The zero-order valence-electron chi connectivity index (χ0n) is 22.4. The maximum atomic E-state index is 13.9. The molecule has 0 saturated heterocycles. The van der Waals surface area contributed by atoms with Crippen molar-refractivity contribution in [3.63, 3.8) is 0 Å². The molecule has 3 aromatic carbocycles. The Hall–Kier alpha value is -3.36. The van der Waals surface area contributed by atoms with Crippen molar-refractivity contribution in [2.24, 2.45) is 0 Å². The molecule has 0 fully saturated rings. The minimum atomic E-state index is -4.12. The third kappa shape index (κ3) is 6.74. The number of hydrogen-bond acceptors (Lipinski definition) is 4. The van der Waals surface area contributed by atoms with Crippen LogP contribution in [0.15, 0.2) is 71.6 Å². The molecule has 0 radical (unpaired) electrons. The Morgan fingerprint density at radius 1 is 0.947 bits per heavy atom. The Kier molecular flexibility index (Phi) is 9.57. The molecule has 0 aliphatic heterocycles. The van der Waals surface area contributed by atoms with E-state index in [9.17, 15) is 18.0 Å². The Morgan fingerprint density at radius 3 is 2.21 bits per heavy atom. The van der Waals surface area contributed by atoms with Crippen LogP contribution in [0.25, 0.3) is 0 Å². The van der Waals surface area contributed by atoms with Crippen LogP contribution in [0.2, 0.25) is 5.02 Å². The van der Waals surface area contributed by atoms with Crippen LogP contribution in [0.4, 0.5) is 5.69 Å². The van der Waals surface area contributed by atoms with Crippen LogP contribution in [-0.4, -0.2) is 44.3 Å². The molecule has 1 unspecified atom stereocenters. The highest BCUT2D eigenvalue weighted by Crippen LogP contribution is 2.29. The SMILES string of the molecule is CCNC(=O)C(C)N(Cc1ccccc1Cl)C(=O)CN(c1cc(C)ccc1C)S(=O)(=O)c1ccc(C)cc1. The predicted octanol–water partition coefficient (Wildman–Crippen LogP) is 5.01. The number of likely N-dealkylation sites (N-methyl/N-ethyl adjacent to an activating group) is 1. The maximum Gasteiger partial charge on any atom is 0.264 e. The molecule has 0 aromatic heterocycles. The number of hydrogen-bond donors (Lipinski definition) is 1. The van der Waals surface area contributed by atoms with E-state index in [1.807, 2.05) is 26.0 Å². The van der Waals surface area contributed by atoms with Crippen LogP contribution < -0.4 is 9.62 Å². The van der Waals surface area contributed by atoms with Gasteiger partial charge in [0.2, 0.25) is 11.8 Å². The van der Waals surface area contributed by atoms with E-state index in [0.29, 0.717) is 28.4 Å². The fraction of sp³-hybridized carbons (Fsp3) is 0.310. The van der Waals surface area contributed by atoms with Crippen LogP contribution in [0.3, 0.4) is 0 Å². The largest absolute Gasteiger partial charge is 0.355 e. The van der Waals surface area contributed by atoms with Gasteiger partial charge in [-0.1, -0.05) is 59.6 Å². The van der Waals surface area contributed by atoms with Crippen molar-refractivity contribution in [1.29, 1.82) is 0 Å². The zero-order chi connectivity index (χ0) is 28.0. The van der Waals surface area contributed by atoms with E-state index in [1.54, 1.807) is 63.2 Å². The topological polar surface area (TPSA) is 86.8 Å². The smallest absolute Gasteiger partial charge is 0.264 e. The summed E-state index contributed by atoms with van der Waals surface area (Å²) in [5.74, 6) is -0.868. The molecule has 0 heterocycles. The van der Waals surface area contributed by atoms with Crippen LogP contribution >= 0.6 is 11.6 Å². The minimum Gasteiger partial charge on any atom is -0.355 e. The molecule has 0 aliphatic carbocycles. The summed E-state index contributed by atoms with van der Waals surface area (Å²) in [5, 5.41) is 3.20. The number of halogens is 1. The lowest BCUT2D eigenvalue weighted by atomic mass is 10.1. The summed E-state index contributed by atoms with van der Waals surface area (Å²) in [4.78, 5) is 28.2. The zero-order valence-corrected chi connectivity index (χ0v) is 23.9. The maximum absolute atomic E-state index is 13.9. The lowest BCUT2D eigenvalue weighted by Gasteiger charge is -2.32. The van der Waals surface area contributed by atoms with Gasteiger partial charge in [-0.2, -0.15) is 0 Å². The quantitative estimate of drug-likeness (QED) is 0.381. The number of sulfonamides is 1. The molecule has 1 atom stereocenters. The Balaban J connectivity index is 2.09. The summed E-state index contributed by atoms with van der Waals surface area (Å²) >= 11 is 6.38. The van der Waals surface area contributed by atoms with Crippen LogP contribution in [0.1, 0.15) is 36.1 Å². The summed E-state index contributed by atoms with van der Waals surface area (Å²) < 4.78 is 29.0. The number of amides is 2. The van der Waals surface area contributed by atoms with Gasteiger partial charge in [-0.15, -0.1) is 0 Å². The first-order valence-electron chi connectivity index (χ1n) is 12.4. The Labute approximate surface area is 230 Å². The minimum absolute atomic E-state index is 0.0437. The number of rotatable bonds is 10. The molecular formula is C29H34ClN3O4S. The van der Waals surface area contributed by atoms with Gasteiger partial charge in [-0.25, -0.2) is 8.42 Å². The molecule has 3 aromatic rings. The third-order valence-corrected chi connectivity index (χ3v) is 8.48. The van der Waals surface area contributed by atoms with E-state index < -0.39 is 28.5 Å². The fourth-order valence-electron chi connectivity index (χ4n) is 4.05. The first-order valence-corrected chi connectivity index (χ1v) is 14.2. The molecule has 0 saturated carbocycles. The summed E-state index contributed by atoms with van der Waals surface area (Å²) in [5.41, 5.74) is 3.53. The van der Waals surface area contributed by atoms with E-state index in [2.05, 4.69) is 5.32 Å². The highest BCUT2D eigenvalue weighted by Gasteiger charge is 2.33. The van der Waals surface area contributed by atoms with Crippen LogP contribution in [-0.2, 0) is 26.2 Å². The number of carbonyl (C=O) groups excluding carboxylic acids is 2. The average molecular weight is 556 g/mol. The lowest BCUT2D eigenvalue weighted by Crippen LogP contribution is -2.51. The second-order valence-electron chi connectivity index (χ2n) is 9.30. The van der Waals surface area contributed by atoms with Gasteiger partial charge in [0.25, 0.3) is 10.0 Å². The van der Waals surface area contributed by atoms with E-state index in [4.69, 9.17) is 11.6 Å². The molecule has 7 nitrogen and oxygen atoms in total. The number of nitrogens with one attached hydrogen (secondary N) is 1. The van der Waals surface area contributed by atoms with Gasteiger partial charge in [0, 0.05) is 18.1 Å². The van der Waals surface area contributed by atoms with Gasteiger partial charge in [-0.3, -0.25) is 13.9 Å². The monoisotopic (exact) mass is 555 g/mol. The average Bonchev–Trinajstić information content (AvgIpc) is 2.88. The summed E-state index contributed by atoms with van der Waals surface area (Å²) in [7, 11) is -4.12. The molecule has 1 N–H and O–H groups in total. The van der Waals surface area contributed by atoms with Gasteiger partial charge in [0.1, 0.15) is 12.6 Å². The number of aryl methyl sites for hydroxylation is 3. The number of benzene rings is 3. The third-order valence-electron chi connectivity index (χ3n) is 6.34. The van der Waals surface area contributed by atoms with Crippen LogP contribution in [0.5, 0.6) is 0 Å². The first kappa shape index (κ1) is 29.2. The van der Waals surface area contributed by atoms with Gasteiger partial charge in [-0.05, 0) is 75.6 Å². The van der Waals surface area contributed by atoms with E-state index in [-0.39, 0.29) is 17.3 Å². The van der Waals surface area contributed by atoms with Crippen molar-refractivity contribution < 1.29 is 18.0 Å². The highest BCUT2D eigenvalue weighted by atomic mass is 35.5. The highest BCUT2D eigenvalue weighted by molar-refractivity contribution is 7.92. The molecule has 0 bridgehead atoms. The van der Waals surface area contributed by atoms with Crippen molar-refractivity contribution in [2.75, 3.05) is 17.4 Å². The first-order chi connectivity index (χ1) is 17.9. The van der Waals surface area contributed by atoms with E-state index in [0.717, 1.165) is 15.4 Å². The number of carbonyl (C=O) groups is 2. The van der Waals surface area contributed by atoms with E-state index in [1.165, 1.54) is 17.0 Å².